The van der Waals surface area contributed by atoms with Gasteiger partial charge in [0.05, 0.1) is 18.8 Å². The summed E-state index contributed by atoms with van der Waals surface area (Å²) in [4.78, 5) is 16.2. The van der Waals surface area contributed by atoms with Crippen molar-refractivity contribution in [1.29, 1.82) is 0 Å². The lowest BCUT2D eigenvalue weighted by Crippen LogP contribution is -2.39. The van der Waals surface area contributed by atoms with Gasteiger partial charge in [0.25, 0.3) is 12.3 Å². The Hall–Kier alpha value is -1.78. The van der Waals surface area contributed by atoms with Gasteiger partial charge < -0.3 is 14.5 Å². The van der Waals surface area contributed by atoms with E-state index in [4.69, 9.17) is 4.74 Å². The molecule has 180 valence electrons. The monoisotopic (exact) mass is 473 g/mol. The lowest BCUT2D eigenvalue weighted by Gasteiger charge is -2.33. The Morgan fingerprint density at radius 3 is 2.28 bits per heavy atom. The van der Waals surface area contributed by atoms with Gasteiger partial charge in [0.1, 0.15) is 4.90 Å². The molecule has 2 aliphatic rings. The summed E-state index contributed by atoms with van der Waals surface area (Å²) in [5.74, 6) is -0.623. The molecule has 0 aromatic heterocycles. The molecule has 0 N–H and O–H groups in total. The van der Waals surface area contributed by atoms with Crippen LogP contribution in [0, 0.1) is 0 Å². The van der Waals surface area contributed by atoms with Gasteiger partial charge in [-0.15, -0.1) is 0 Å². The first kappa shape index (κ1) is 24.9. The van der Waals surface area contributed by atoms with E-state index < -0.39 is 28.9 Å². The second-order valence-electron chi connectivity index (χ2n) is 8.33. The summed E-state index contributed by atoms with van der Waals surface area (Å²) < 4.78 is 59.7. The zero-order chi connectivity index (χ0) is 23.1. The number of alkyl halides is 2. The molecule has 0 atom stereocenters. The van der Waals surface area contributed by atoms with E-state index in [9.17, 15) is 22.0 Å². The molecule has 2 saturated heterocycles. The Morgan fingerprint density at radius 1 is 1.06 bits per heavy atom. The standard InChI is InChI=1S/C22H33F2N3O4S/c1-31-15-14-26(17-21(23)24)22(28)18-8-9-19(25-10-4-2-5-11-25)20(16-18)32(29,30)27-12-6-3-7-13-27/h8-9,16,21H,2-7,10-15,17H2,1H3. The predicted octanol–water partition coefficient (Wildman–Crippen LogP) is 3.21. The highest BCUT2D eigenvalue weighted by Gasteiger charge is 2.32. The number of halogens is 2. The summed E-state index contributed by atoms with van der Waals surface area (Å²) in [6, 6.07) is 4.58. The fourth-order valence-corrected chi connectivity index (χ4v) is 6.07. The van der Waals surface area contributed by atoms with Crippen LogP contribution < -0.4 is 4.90 Å². The molecule has 7 nitrogen and oxygen atoms in total. The third-order valence-electron chi connectivity index (χ3n) is 6.05. The van der Waals surface area contributed by atoms with Gasteiger partial charge in [0.15, 0.2) is 0 Å². The average molecular weight is 474 g/mol. The minimum atomic E-state index is -3.82. The molecule has 0 aliphatic carbocycles. The maximum Gasteiger partial charge on any atom is 0.255 e. The highest BCUT2D eigenvalue weighted by Crippen LogP contribution is 2.32. The first-order valence-electron chi connectivity index (χ1n) is 11.3. The van der Waals surface area contributed by atoms with Crippen LogP contribution in [0.4, 0.5) is 14.5 Å². The van der Waals surface area contributed by atoms with Gasteiger partial charge in [-0.2, -0.15) is 4.31 Å². The third-order valence-corrected chi connectivity index (χ3v) is 7.98. The normalized spacial score (nSPS) is 18.2. The number of ether oxygens (including phenoxy) is 1. The van der Waals surface area contributed by atoms with Gasteiger partial charge in [0.2, 0.25) is 10.0 Å². The van der Waals surface area contributed by atoms with Crippen LogP contribution in [-0.4, -0.2) is 82.9 Å². The van der Waals surface area contributed by atoms with Gasteiger partial charge in [0, 0.05) is 45.4 Å². The molecule has 1 aromatic rings. The van der Waals surface area contributed by atoms with E-state index in [1.54, 1.807) is 12.1 Å². The van der Waals surface area contributed by atoms with E-state index >= 15 is 0 Å². The van der Waals surface area contributed by atoms with E-state index in [-0.39, 0.29) is 23.6 Å². The first-order valence-corrected chi connectivity index (χ1v) is 12.7. The number of hydrogen-bond acceptors (Lipinski definition) is 5. The van der Waals surface area contributed by atoms with E-state index in [0.717, 1.165) is 56.5 Å². The second kappa shape index (κ2) is 11.4. The van der Waals surface area contributed by atoms with Gasteiger partial charge in [-0.3, -0.25) is 4.79 Å². The number of benzene rings is 1. The summed E-state index contributed by atoms with van der Waals surface area (Å²) in [5, 5.41) is 0. The lowest BCUT2D eigenvalue weighted by molar-refractivity contribution is 0.0478. The van der Waals surface area contributed by atoms with Crippen LogP contribution in [0.25, 0.3) is 0 Å². The number of nitrogens with zero attached hydrogens (tertiary/aromatic N) is 3. The molecule has 2 aliphatic heterocycles. The van der Waals surface area contributed by atoms with Gasteiger partial charge in [-0.05, 0) is 50.3 Å². The van der Waals surface area contributed by atoms with Crippen LogP contribution in [0.3, 0.4) is 0 Å². The van der Waals surface area contributed by atoms with Crippen LogP contribution in [0.15, 0.2) is 23.1 Å². The minimum absolute atomic E-state index is 0.00174. The molecule has 3 rings (SSSR count). The molecule has 2 heterocycles. The summed E-state index contributed by atoms with van der Waals surface area (Å²) in [5.41, 5.74) is 0.683. The van der Waals surface area contributed by atoms with Crippen LogP contribution in [-0.2, 0) is 14.8 Å². The number of piperidine rings is 2. The maximum atomic E-state index is 13.6. The van der Waals surface area contributed by atoms with Crippen molar-refractivity contribution in [2.45, 2.75) is 49.8 Å². The van der Waals surface area contributed by atoms with Gasteiger partial charge in [-0.1, -0.05) is 6.42 Å². The van der Waals surface area contributed by atoms with E-state index in [1.807, 2.05) is 0 Å². The number of methoxy groups -OCH3 is 1. The zero-order valence-corrected chi connectivity index (χ0v) is 19.5. The molecular formula is C22H33F2N3O4S. The van der Waals surface area contributed by atoms with E-state index in [2.05, 4.69) is 4.90 Å². The van der Waals surface area contributed by atoms with Crippen molar-refractivity contribution in [2.24, 2.45) is 0 Å². The van der Waals surface area contributed by atoms with Crippen LogP contribution >= 0.6 is 0 Å². The van der Waals surface area contributed by atoms with Crippen LogP contribution in [0.1, 0.15) is 48.9 Å². The molecule has 32 heavy (non-hydrogen) atoms. The zero-order valence-electron chi connectivity index (χ0n) is 18.6. The number of hydrogen-bond donors (Lipinski definition) is 0. The Morgan fingerprint density at radius 2 is 1.69 bits per heavy atom. The Bertz CT molecular complexity index is 870. The molecule has 2 fully saturated rings. The summed E-state index contributed by atoms with van der Waals surface area (Å²) in [7, 11) is -2.38. The number of rotatable bonds is 9. The molecular weight excluding hydrogens is 440 g/mol. The fraction of sp³-hybridized carbons (Fsp3) is 0.682. The molecule has 1 aromatic carbocycles. The van der Waals surface area contributed by atoms with E-state index in [0.29, 0.717) is 18.8 Å². The average Bonchev–Trinajstić information content (AvgIpc) is 2.82. The lowest BCUT2D eigenvalue weighted by atomic mass is 10.1. The van der Waals surface area contributed by atoms with Crippen LogP contribution in [0.5, 0.6) is 0 Å². The number of carbonyl (C=O) groups excluding carboxylic acids is 1. The van der Waals surface area contributed by atoms with Crippen molar-refractivity contribution in [3.05, 3.63) is 23.8 Å². The van der Waals surface area contributed by atoms with E-state index in [1.165, 1.54) is 17.5 Å². The summed E-state index contributed by atoms with van der Waals surface area (Å²) >= 11 is 0. The fourth-order valence-electron chi connectivity index (χ4n) is 4.32. The number of carbonyl (C=O) groups is 1. The second-order valence-corrected chi connectivity index (χ2v) is 10.2. The molecule has 0 bridgehead atoms. The highest BCUT2D eigenvalue weighted by molar-refractivity contribution is 7.89. The number of amides is 1. The maximum absolute atomic E-state index is 13.6. The molecule has 0 radical (unpaired) electrons. The van der Waals surface area contributed by atoms with Crippen molar-refractivity contribution in [1.82, 2.24) is 9.21 Å². The Labute approximate surface area is 189 Å². The SMILES string of the molecule is COCCN(CC(F)F)C(=O)c1ccc(N2CCCCC2)c(S(=O)(=O)N2CCCCC2)c1. The number of anilines is 1. The highest BCUT2D eigenvalue weighted by atomic mass is 32.2. The molecule has 10 heteroatoms. The molecule has 0 unspecified atom stereocenters. The van der Waals surface area contributed by atoms with Crippen molar-refractivity contribution in [3.8, 4) is 0 Å². The van der Waals surface area contributed by atoms with Gasteiger partial charge >= 0.3 is 0 Å². The quantitative estimate of drug-likeness (QED) is 0.551. The van der Waals surface area contributed by atoms with Crippen LogP contribution in [0.2, 0.25) is 0 Å². The van der Waals surface area contributed by atoms with Crippen molar-refractivity contribution in [3.63, 3.8) is 0 Å². The first-order chi connectivity index (χ1) is 15.3. The third kappa shape index (κ3) is 5.96. The molecule has 0 spiro atoms. The smallest absolute Gasteiger partial charge is 0.255 e. The predicted molar refractivity (Wildman–Crippen MR) is 119 cm³/mol. The van der Waals surface area contributed by atoms with Gasteiger partial charge in [-0.25, -0.2) is 17.2 Å². The topological polar surface area (TPSA) is 70.2 Å². The van der Waals surface area contributed by atoms with Crippen molar-refractivity contribution < 1.29 is 26.7 Å². The Balaban J connectivity index is 1.99. The summed E-state index contributed by atoms with van der Waals surface area (Å²) in [6.45, 7) is 1.79. The van der Waals surface area contributed by atoms with Crippen molar-refractivity contribution >= 4 is 21.6 Å². The Kier molecular flexibility index (Phi) is 8.84. The number of sulfonamides is 1. The molecule has 0 saturated carbocycles. The van der Waals surface area contributed by atoms with Crippen molar-refractivity contribution in [2.75, 3.05) is 57.9 Å². The summed E-state index contributed by atoms with van der Waals surface area (Å²) in [6.07, 6.45) is 2.95. The largest absolute Gasteiger partial charge is 0.383 e. The molecule has 1 amide bonds. The minimum Gasteiger partial charge on any atom is -0.383 e.